The number of hydrogen-bond donors (Lipinski definition) is 0. The molecule has 1 aromatic carbocycles. The van der Waals surface area contributed by atoms with E-state index >= 15 is 4.39 Å². The Hall–Kier alpha value is -2.15. The molecule has 6 aliphatic rings. The Morgan fingerprint density at radius 1 is 1.06 bits per heavy atom. The van der Waals surface area contributed by atoms with Crippen molar-refractivity contribution in [2.75, 3.05) is 27.4 Å². The number of nitrogens with zero attached hydrogens (tertiary/aromatic N) is 1. The van der Waals surface area contributed by atoms with Gasteiger partial charge in [-0.15, -0.1) is 0 Å². The summed E-state index contributed by atoms with van der Waals surface area (Å²) in [6.07, 6.45) is 9.57. The van der Waals surface area contributed by atoms with Gasteiger partial charge in [-0.1, -0.05) is 6.92 Å². The first-order valence-corrected chi connectivity index (χ1v) is 13.7. The average Bonchev–Trinajstić information content (AvgIpc) is 3.63. The molecule has 1 unspecified atom stereocenters. The van der Waals surface area contributed by atoms with E-state index in [1.807, 2.05) is 6.92 Å². The van der Waals surface area contributed by atoms with Gasteiger partial charge in [0, 0.05) is 31.1 Å². The SMILES string of the molecule is COC(=O)[C@@H]1C(C)[C@@H](OC)CN1C(=O)c1cc(C2CC2)c(OCC23CC4CC(CC(C4)C2)C3)cc1F. The Kier molecular flexibility index (Phi) is 6.05. The summed E-state index contributed by atoms with van der Waals surface area (Å²) in [4.78, 5) is 27.5. The molecule has 196 valence electrons. The minimum atomic E-state index is -0.803. The van der Waals surface area contributed by atoms with Crippen LogP contribution in [0.4, 0.5) is 4.39 Å². The fourth-order valence-electron chi connectivity index (χ4n) is 8.35. The largest absolute Gasteiger partial charge is 0.493 e. The lowest BCUT2D eigenvalue weighted by molar-refractivity contribution is -0.146. The molecule has 0 spiro atoms. The van der Waals surface area contributed by atoms with Crippen molar-refractivity contribution in [1.82, 2.24) is 4.90 Å². The first kappa shape index (κ1) is 24.2. The molecule has 1 aromatic rings. The van der Waals surface area contributed by atoms with Crippen molar-refractivity contribution in [2.24, 2.45) is 29.1 Å². The Bertz CT molecular complexity index is 1020. The molecule has 36 heavy (non-hydrogen) atoms. The third kappa shape index (κ3) is 4.11. The number of rotatable bonds is 7. The van der Waals surface area contributed by atoms with E-state index in [1.54, 1.807) is 13.2 Å². The molecule has 1 saturated heterocycles. The number of carbonyl (C=O) groups is 2. The maximum absolute atomic E-state index is 15.5. The van der Waals surface area contributed by atoms with Gasteiger partial charge in [0.25, 0.3) is 5.91 Å². The smallest absolute Gasteiger partial charge is 0.328 e. The third-order valence-electron chi connectivity index (χ3n) is 9.85. The predicted molar refractivity (Wildman–Crippen MR) is 131 cm³/mol. The van der Waals surface area contributed by atoms with Crippen LogP contribution >= 0.6 is 0 Å². The molecule has 0 radical (unpaired) electrons. The van der Waals surface area contributed by atoms with Crippen LogP contribution in [-0.4, -0.2) is 56.3 Å². The Morgan fingerprint density at radius 3 is 2.25 bits per heavy atom. The summed E-state index contributed by atoms with van der Waals surface area (Å²) in [5, 5.41) is 0. The summed E-state index contributed by atoms with van der Waals surface area (Å²) in [5.74, 6) is 1.54. The zero-order valence-corrected chi connectivity index (χ0v) is 21.6. The number of amides is 1. The van der Waals surface area contributed by atoms with Crippen LogP contribution in [0.2, 0.25) is 0 Å². The zero-order chi connectivity index (χ0) is 25.2. The van der Waals surface area contributed by atoms with E-state index < -0.39 is 23.7 Å². The van der Waals surface area contributed by atoms with Crippen molar-refractivity contribution < 1.29 is 28.2 Å². The molecule has 5 aliphatic carbocycles. The lowest BCUT2D eigenvalue weighted by atomic mass is 9.50. The normalized spacial score (nSPS) is 36.8. The second kappa shape index (κ2) is 9.00. The van der Waals surface area contributed by atoms with Gasteiger partial charge in [0.05, 0.1) is 25.4 Å². The molecular weight excluding hydrogens is 461 g/mol. The van der Waals surface area contributed by atoms with Gasteiger partial charge in [-0.25, -0.2) is 9.18 Å². The first-order valence-electron chi connectivity index (χ1n) is 13.7. The number of methoxy groups -OCH3 is 2. The maximum Gasteiger partial charge on any atom is 0.328 e. The summed E-state index contributed by atoms with van der Waals surface area (Å²) >= 11 is 0. The number of esters is 1. The average molecular weight is 500 g/mol. The fraction of sp³-hybridized carbons (Fsp3) is 0.724. The number of hydrogen-bond acceptors (Lipinski definition) is 5. The van der Waals surface area contributed by atoms with Gasteiger partial charge < -0.3 is 19.1 Å². The Morgan fingerprint density at radius 2 is 1.69 bits per heavy atom. The summed E-state index contributed by atoms with van der Waals surface area (Å²) in [6, 6.07) is 2.30. The number of likely N-dealkylation sites (tertiary alicyclic amines) is 1. The van der Waals surface area contributed by atoms with E-state index in [2.05, 4.69) is 0 Å². The van der Waals surface area contributed by atoms with E-state index in [-0.39, 0.29) is 29.5 Å². The van der Waals surface area contributed by atoms with Crippen LogP contribution in [0.5, 0.6) is 5.75 Å². The second-order valence-corrected chi connectivity index (χ2v) is 12.4. The molecule has 0 N–H and O–H groups in total. The molecule has 0 aromatic heterocycles. The molecule has 7 heteroatoms. The van der Waals surface area contributed by atoms with Crippen molar-refractivity contribution in [2.45, 2.75) is 76.4 Å². The topological polar surface area (TPSA) is 65.1 Å². The van der Waals surface area contributed by atoms with Crippen LogP contribution in [0.15, 0.2) is 12.1 Å². The summed E-state index contributed by atoms with van der Waals surface area (Å²) < 4.78 is 32.4. The van der Waals surface area contributed by atoms with Crippen molar-refractivity contribution in [3.63, 3.8) is 0 Å². The minimum Gasteiger partial charge on any atom is -0.493 e. The highest BCUT2D eigenvalue weighted by molar-refractivity contribution is 5.98. The molecule has 3 atom stereocenters. The lowest BCUT2D eigenvalue weighted by Gasteiger charge is -2.56. The van der Waals surface area contributed by atoms with Gasteiger partial charge >= 0.3 is 5.97 Å². The van der Waals surface area contributed by atoms with Crippen LogP contribution < -0.4 is 4.74 Å². The monoisotopic (exact) mass is 499 g/mol. The highest BCUT2D eigenvalue weighted by Crippen LogP contribution is 2.60. The van der Waals surface area contributed by atoms with Crippen molar-refractivity contribution >= 4 is 11.9 Å². The Labute approximate surface area is 212 Å². The summed E-state index contributed by atoms with van der Waals surface area (Å²) in [5.41, 5.74) is 1.15. The van der Waals surface area contributed by atoms with Crippen molar-refractivity contribution in [3.8, 4) is 5.75 Å². The van der Waals surface area contributed by atoms with Gasteiger partial charge in [0.15, 0.2) is 0 Å². The van der Waals surface area contributed by atoms with Gasteiger partial charge in [-0.05, 0) is 86.7 Å². The maximum atomic E-state index is 15.5. The van der Waals surface area contributed by atoms with E-state index in [9.17, 15) is 9.59 Å². The molecule has 5 saturated carbocycles. The highest BCUT2D eigenvalue weighted by Gasteiger charge is 2.51. The molecule has 1 amide bonds. The van der Waals surface area contributed by atoms with Gasteiger partial charge in [0.1, 0.15) is 17.6 Å². The lowest BCUT2D eigenvalue weighted by Crippen LogP contribution is -2.48. The van der Waals surface area contributed by atoms with E-state index in [0.29, 0.717) is 18.3 Å². The van der Waals surface area contributed by atoms with Crippen LogP contribution in [0.25, 0.3) is 0 Å². The molecule has 1 aliphatic heterocycles. The predicted octanol–water partition coefficient (Wildman–Crippen LogP) is 4.95. The van der Waals surface area contributed by atoms with Crippen LogP contribution in [-0.2, 0) is 14.3 Å². The fourth-order valence-corrected chi connectivity index (χ4v) is 8.35. The van der Waals surface area contributed by atoms with E-state index in [4.69, 9.17) is 14.2 Å². The number of ether oxygens (including phenoxy) is 3. The zero-order valence-electron chi connectivity index (χ0n) is 21.6. The van der Waals surface area contributed by atoms with Gasteiger partial charge in [0.2, 0.25) is 0 Å². The molecular formula is C29H38FNO5. The number of halogens is 1. The standard InChI is InChI=1S/C29H38FNO5/c1-16-25(34-2)14-31(26(16)28(33)35-3)27(32)22-9-21(20-4-5-20)24(10-23(22)30)36-15-29-11-17-6-18(12-29)8-19(7-17)13-29/h9-10,16-20,25-26H,4-8,11-15H2,1-3H3/t16?,17?,18?,19?,25-,26-,29?/m0/s1. The second-order valence-electron chi connectivity index (χ2n) is 12.4. The molecule has 4 bridgehead atoms. The molecule has 6 fully saturated rings. The van der Waals surface area contributed by atoms with E-state index in [1.165, 1.54) is 56.6 Å². The number of carbonyl (C=O) groups excluding carboxylic acids is 2. The Balaban J connectivity index is 1.25. The van der Waals surface area contributed by atoms with Gasteiger partial charge in [-0.2, -0.15) is 0 Å². The van der Waals surface area contributed by atoms with Crippen LogP contribution in [0, 0.1) is 34.9 Å². The van der Waals surface area contributed by atoms with Gasteiger partial charge in [-0.3, -0.25) is 4.79 Å². The highest BCUT2D eigenvalue weighted by atomic mass is 19.1. The number of benzene rings is 1. The molecule has 7 rings (SSSR count). The molecule has 1 heterocycles. The van der Waals surface area contributed by atoms with Crippen LogP contribution in [0.1, 0.15) is 80.1 Å². The van der Waals surface area contributed by atoms with E-state index in [0.717, 1.165) is 36.2 Å². The first-order chi connectivity index (χ1) is 17.3. The quantitative estimate of drug-likeness (QED) is 0.497. The summed E-state index contributed by atoms with van der Waals surface area (Å²) in [7, 11) is 2.87. The van der Waals surface area contributed by atoms with Crippen LogP contribution in [0.3, 0.4) is 0 Å². The summed E-state index contributed by atoms with van der Waals surface area (Å²) in [6.45, 7) is 2.72. The van der Waals surface area contributed by atoms with Crippen molar-refractivity contribution in [1.29, 1.82) is 0 Å². The third-order valence-corrected chi connectivity index (χ3v) is 9.85. The molecule has 6 nitrogen and oxygen atoms in total. The minimum absolute atomic E-state index is 0.00286. The van der Waals surface area contributed by atoms with Crippen molar-refractivity contribution in [3.05, 3.63) is 29.1 Å².